The zero-order valence-electron chi connectivity index (χ0n) is 12.9. The summed E-state index contributed by atoms with van der Waals surface area (Å²) in [6.07, 6.45) is 1.07. The lowest BCUT2D eigenvalue weighted by molar-refractivity contribution is -0.205. The number of rotatable bonds is 2. The smallest absolute Gasteiger partial charge is 0.402 e. The van der Waals surface area contributed by atoms with Crippen molar-refractivity contribution in [3.63, 3.8) is 0 Å². The molecule has 21 heavy (non-hydrogen) atoms. The van der Waals surface area contributed by atoms with Crippen molar-refractivity contribution in [1.82, 2.24) is 0 Å². The third kappa shape index (κ3) is 2.18. The molecule has 0 spiro atoms. The van der Waals surface area contributed by atoms with Crippen LogP contribution in [0.25, 0.3) is 0 Å². The van der Waals surface area contributed by atoms with Gasteiger partial charge in [-0.2, -0.15) is 13.2 Å². The summed E-state index contributed by atoms with van der Waals surface area (Å²) >= 11 is 0. The monoisotopic (exact) mass is 303 g/mol. The molecule has 4 aliphatic carbocycles. The molecule has 0 aromatic heterocycles. The zero-order valence-corrected chi connectivity index (χ0v) is 12.9. The third-order valence-corrected chi connectivity index (χ3v) is 6.36. The molecule has 1 N–H and O–H groups in total. The Morgan fingerprint density at radius 2 is 1.43 bits per heavy atom. The molecule has 0 unspecified atom stereocenters. The van der Waals surface area contributed by atoms with E-state index in [1.54, 1.807) is 0 Å². The van der Waals surface area contributed by atoms with Gasteiger partial charge in [-0.1, -0.05) is 0 Å². The van der Waals surface area contributed by atoms with E-state index < -0.39 is 23.1 Å². The number of halogens is 3. The maximum atomic E-state index is 13.1. The lowest BCUT2D eigenvalue weighted by Gasteiger charge is -2.59. The van der Waals surface area contributed by atoms with Crippen LogP contribution in [-0.2, 0) is 4.74 Å². The molecule has 0 aliphatic heterocycles. The minimum atomic E-state index is -4.45. The van der Waals surface area contributed by atoms with Crippen molar-refractivity contribution in [2.24, 2.45) is 29.1 Å². The molecule has 2 nitrogen and oxygen atoms in total. The largest absolute Gasteiger partial charge is 0.474 e. The fourth-order valence-corrected chi connectivity index (χ4v) is 4.76. The summed E-state index contributed by atoms with van der Waals surface area (Å²) in [7, 11) is 0. The lowest BCUT2D eigenvalue weighted by Crippen LogP contribution is -2.59. The summed E-state index contributed by atoms with van der Waals surface area (Å²) in [5.41, 5.74) is -2.79. The molecule has 4 bridgehead atoms. The van der Waals surface area contributed by atoms with Crippen LogP contribution in [0.4, 0.5) is 13.2 Å². The van der Waals surface area contributed by atoms with E-state index in [1.807, 2.05) is 6.92 Å². The van der Waals surface area contributed by atoms with Crippen molar-refractivity contribution in [2.45, 2.75) is 64.7 Å². The van der Waals surface area contributed by atoms with Crippen molar-refractivity contribution < 1.29 is 17.9 Å². The molecule has 0 aromatic carbocycles. The Hall–Kier alpha value is -0.740. The molecule has 0 heterocycles. The van der Waals surface area contributed by atoms with E-state index in [-0.39, 0.29) is 0 Å². The summed E-state index contributed by atoms with van der Waals surface area (Å²) in [5, 5.41) is 7.91. The Labute approximate surface area is 123 Å². The number of hydrogen-bond acceptors (Lipinski definition) is 2. The molecule has 4 aliphatic rings. The summed E-state index contributed by atoms with van der Waals surface area (Å²) in [5.74, 6) is 1.48. The van der Waals surface area contributed by atoms with Crippen LogP contribution in [0.2, 0.25) is 0 Å². The Morgan fingerprint density at radius 1 is 1.00 bits per heavy atom. The number of nitrogens with one attached hydrogen (secondary N) is 1. The Balaban J connectivity index is 1.80. The predicted molar refractivity (Wildman–Crippen MR) is 74.1 cm³/mol. The van der Waals surface area contributed by atoms with E-state index in [4.69, 9.17) is 10.1 Å². The van der Waals surface area contributed by atoms with Gasteiger partial charge in [-0.15, -0.1) is 0 Å². The second-order valence-electron chi connectivity index (χ2n) is 8.04. The molecule has 5 heteroatoms. The Kier molecular flexibility index (Phi) is 3.17. The number of alkyl halides is 3. The zero-order chi connectivity index (χ0) is 15.6. The number of hydrogen-bond donors (Lipinski definition) is 1. The van der Waals surface area contributed by atoms with Gasteiger partial charge >= 0.3 is 6.18 Å². The minimum absolute atomic E-state index is 0.318. The summed E-state index contributed by atoms with van der Waals surface area (Å²) in [4.78, 5) is 0. The second-order valence-corrected chi connectivity index (χ2v) is 8.04. The minimum Gasteiger partial charge on any atom is -0.474 e. The van der Waals surface area contributed by atoms with Gasteiger partial charge < -0.3 is 4.74 Å². The molecule has 4 rings (SSSR count). The molecular formula is C16H24F3NO. The topological polar surface area (TPSA) is 33.1 Å². The van der Waals surface area contributed by atoms with Crippen LogP contribution >= 0.6 is 0 Å². The maximum Gasteiger partial charge on any atom is 0.402 e. The van der Waals surface area contributed by atoms with Crippen LogP contribution in [0.5, 0.6) is 0 Å². The van der Waals surface area contributed by atoms with Gasteiger partial charge in [0.1, 0.15) is 11.0 Å². The molecule has 120 valence electrons. The van der Waals surface area contributed by atoms with Gasteiger partial charge in [0.2, 0.25) is 0 Å². The first-order chi connectivity index (χ1) is 9.54. The standard InChI is InChI=1S/C16H24F3NO/c1-14(2,16(17,18)19)13(20)21-15(3)11-5-9-4-10(7-11)8-12(15)6-9/h9-12,20H,4-8H2,1-3H3. The predicted octanol–water partition coefficient (Wildman–Crippen LogP) is 4.78. The Morgan fingerprint density at radius 3 is 1.81 bits per heavy atom. The van der Waals surface area contributed by atoms with Gasteiger partial charge in [-0.05, 0) is 76.5 Å². The summed E-state index contributed by atoms with van der Waals surface area (Å²) in [6, 6.07) is 0. The fourth-order valence-electron chi connectivity index (χ4n) is 4.76. The molecule has 0 radical (unpaired) electrons. The van der Waals surface area contributed by atoms with E-state index in [1.165, 1.54) is 6.42 Å². The van der Waals surface area contributed by atoms with Crippen LogP contribution in [0, 0.1) is 34.5 Å². The van der Waals surface area contributed by atoms with Crippen molar-refractivity contribution in [3.05, 3.63) is 0 Å². The van der Waals surface area contributed by atoms with Gasteiger partial charge in [0, 0.05) is 0 Å². The molecule has 4 fully saturated rings. The highest BCUT2D eigenvalue weighted by Gasteiger charge is 2.59. The van der Waals surface area contributed by atoms with Crippen molar-refractivity contribution >= 4 is 5.90 Å². The highest BCUT2D eigenvalue weighted by atomic mass is 19.4. The summed E-state index contributed by atoms with van der Waals surface area (Å²) < 4.78 is 45.1. The van der Waals surface area contributed by atoms with Crippen molar-refractivity contribution in [2.75, 3.05) is 0 Å². The maximum absolute atomic E-state index is 13.1. The van der Waals surface area contributed by atoms with Crippen LogP contribution in [-0.4, -0.2) is 17.7 Å². The van der Waals surface area contributed by atoms with Gasteiger partial charge in [-0.25, -0.2) is 0 Å². The van der Waals surface area contributed by atoms with Crippen LogP contribution in [0.3, 0.4) is 0 Å². The average Bonchev–Trinajstić information content (AvgIpc) is 2.33. The SMILES string of the molecule is CC1(OC(=N)C(C)(C)C(F)(F)F)C2CC3CC(C2)CC1C3. The van der Waals surface area contributed by atoms with Gasteiger partial charge in [0.25, 0.3) is 0 Å². The highest BCUT2D eigenvalue weighted by Crippen LogP contribution is 2.60. The molecule has 0 amide bonds. The first-order valence-corrected chi connectivity index (χ1v) is 7.89. The van der Waals surface area contributed by atoms with E-state index in [0.29, 0.717) is 11.8 Å². The summed E-state index contributed by atoms with van der Waals surface area (Å²) in [6.45, 7) is 4.02. The lowest BCUT2D eigenvalue weighted by atomic mass is 9.50. The second kappa shape index (κ2) is 4.39. The molecule has 0 saturated heterocycles. The van der Waals surface area contributed by atoms with Crippen LogP contribution in [0.1, 0.15) is 52.9 Å². The first kappa shape index (κ1) is 15.2. The van der Waals surface area contributed by atoms with E-state index >= 15 is 0 Å². The Bertz CT molecular complexity index is 427. The molecule has 0 atom stereocenters. The average molecular weight is 303 g/mol. The van der Waals surface area contributed by atoms with Gasteiger partial charge in [0.05, 0.1) is 0 Å². The number of ether oxygens (including phenoxy) is 1. The molecule has 4 saturated carbocycles. The van der Waals surface area contributed by atoms with Crippen molar-refractivity contribution in [3.8, 4) is 0 Å². The highest BCUT2D eigenvalue weighted by molar-refractivity contribution is 5.80. The normalized spacial score (nSPS) is 42.2. The van der Waals surface area contributed by atoms with Crippen LogP contribution < -0.4 is 0 Å². The fraction of sp³-hybridized carbons (Fsp3) is 0.938. The van der Waals surface area contributed by atoms with Gasteiger partial charge in [0.15, 0.2) is 5.90 Å². The van der Waals surface area contributed by atoms with E-state index in [0.717, 1.165) is 51.4 Å². The first-order valence-electron chi connectivity index (χ1n) is 7.89. The van der Waals surface area contributed by atoms with E-state index in [9.17, 15) is 13.2 Å². The quantitative estimate of drug-likeness (QED) is 0.578. The van der Waals surface area contributed by atoms with E-state index in [2.05, 4.69) is 0 Å². The third-order valence-electron chi connectivity index (χ3n) is 6.36. The van der Waals surface area contributed by atoms with Gasteiger partial charge in [-0.3, -0.25) is 5.41 Å². The molecule has 0 aromatic rings. The van der Waals surface area contributed by atoms with Crippen LogP contribution in [0.15, 0.2) is 0 Å². The molecular weight excluding hydrogens is 279 g/mol. The van der Waals surface area contributed by atoms with Crippen molar-refractivity contribution in [1.29, 1.82) is 5.41 Å².